The van der Waals surface area contributed by atoms with Gasteiger partial charge in [0.1, 0.15) is 5.83 Å². The lowest BCUT2D eigenvalue weighted by Gasteiger charge is -2.31. The number of halogens is 2. The van der Waals surface area contributed by atoms with Crippen LogP contribution in [0.5, 0.6) is 0 Å². The predicted octanol–water partition coefficient (Wildman–Crippen LogP) is 3.71. The maximum Gasteiger partial charge on any atom is 0.120 e. The van der Waals surface area contributed by atoms with Crippen molar-refractivity contribution in [3.8, 4) is 0 Å². The Bertz CT molecular complexity index is 266. The van der Waals surface area contributed by atoms with Crippen molar-refractivity contribution >= 4 is 15.9 Å². The molecule has 0 spiro atoms. The molecule has 0 saturated carbocycles. The highest BCUT2D eigenvalue weighted by Crippen LogP contribution is 2.35. The predicted molar refractivity (Wildman–Crippen MR) is 57.9 cm³/mol. The summed E-state index contributed by atoms with van der Waals surface area (Å²) >= 11 is 3.43. The van der Waals surface area contributed by atoms with Gasteiger partial charge in [0.05, 0.1) is 6.10 Å². The first-order valence-corrected chi connectivity index (χ1v) is 5.91. The summed E-state index contributed by atoms with van der Waals surface area (Å²) in [5, 5.41) is 0. The molecule has 1 saturated heterocycles. The number of allylic oxidation sites excluding steroid dienone is 3. The second kappa shape index (κ2) is 4.58. The van der Waals surface area contributed by atoms with E-state index in [4.69, 9.17) is 4.74 Å². The van der Waals surface area contributed by atoms with Gasteiger partial charge in [-0.1, -0.05) is 15.9 Å². The molecule has 0 aromatic carbocycles. The highest BCUT2D eigenvalue weighted by molar-refractivity contribution is 9.11. The molecule has 0 N–H and O–H groups in total. The van der Waals surface area contributed by atoms with Crippen molar-refractivity contribution in [3.63, 3.8) is 0 Å². The molecule has 1 aliphatic heterocycles. The zero-order valence-electron chi connectivity index (χ0n) is 8.01. The zero-order valence-corrected chi connectivity index (χ0v) is 9.60. The molecular weight excluding hydrogens is 247 g/mol. The Labute approximate surface area is 92.1 Å². The second-order valence-corrected chi connectivity index (χ2v) is 4.78. The Hall–Kier alpha value is -0.150. The molecule has 78 valence electrons. The van der Waals surface area contributed by atoms with E-state index >= 15 is 0 Å². The van der Waals surface area contributed by atoms with Crippen LogP contribution in [0.2, 0.25) is 0 Å². The Morgan fingerprint density at radius 2 is 2.29 bits per heavy atom. The van der Waals surface area contributed by atoms with Crippen LogP contribution >= 0.6 is 15.9 Å². The average Bonchev–Trinajstić information content (AvgIpc) is 2.19. The first kappa shape index (κ1) is 10.4. The van der Waals surface area contributed by atoms with Crippen LogP contribution in [-0.4, -0.2) is 12.7 Å². The summed E-state index contributed by atoms with van der Waals surface area (Å²) in [6.45, 7) is 0.855. The standard InChI is InChI=1S/C11H14BrFO/c12-10-7-8(13)4-5-9(10)11-3-1-2-6-14-11/h4,7,9,11H,1-3,5-6H2. The minimum Gasteiger partial charge on any atom is -0.378 e. The molecular formula is C11H14BrFO. The summed E-state index contributed by atoms with van der Waals surface area (Å²) in [5.74, 6) is 0.193. The van der Waals surface area contributed by atoms with Crippen molar-refractivity contribution in [1.29, 1.82) is 0 Å². The quantitative estimate of drug-likeness (QED) is 0.699. The van der Waals surface area contributed by atoms with E-state index in [9.17, 15) is 4.39 Å². The van der Waals surface area contributed by atoms with E-state index in [1.54, 1.807) is 12.2 Å². The Balaban J connectivity index is 2.02. The van der Waals surface area contributed by atoms with Crippen LogP contribution in [0.25, 0.3) is 0 Å². The summed E-state index contributed by atoms with van der Waals surface area (Å²) in [7, 11) is 0. The molecule has 2 unspecified atom stereocenters. The van der Waals surface area contributed by atoms with Crippen LogP contribution in [-0.2, 0) is 4.74 Å². The SMILES string of the molecule is FC1=CCC(C2CCCCO2)C(Br)=C1. The van der Waals surface area contributed by atoms with Gasteiger partial charge in [0, 0.05) is 17.0 Å². The van der Waals surface area contributed by atoms with E-state index in [-0.39, 0.29) is 11.9 Å². The summed E-state index contributed by atoms with van der Waals surface area (Å²) < 4.78 is 19.5. The molecule has 1 heterocycles. The van der Waals surface area contributed by atoms with E-state index in [0.717, 1.165) is 30.4 Å². The van der Waals surface area contributed by atoms with Crippen molar-refractivity contribution in [2.24, 2.45) is 5.92 Å². The van der Waals surface area contributed by atoms with E-state index < -0.39 is 0 Å². The molecule has 0 radical (unpaired) electrons. The van der Waals surface area contributed by atoms with Crippen LogP contribution in [0.1, 0.15) is 25.7 Å². The van der Waals surface area contributed by atoms with Crippen LogP contribution in [0.4, 0.5) is 4.39 Å². The average molecular weight is 261 g/mol. The van der Waals surface area contributed by atoms with Gasteiger partial charge in [0.25, 0.3) is 0 Å². The van der Waals surface area contributed by atoms with Gasteiger partial charge >= 0.3 is 0 Å². The fraction of sp³-hybridized carbons (Fsp3) is 0.636. The summed E-state index contributed by atoms with van der Waals surface area (Å²) in [4.78, 5) is 0. The smallest absolute Gasteiger partial charge is 0.120 e. The van der Waals surface area contributed by atoms with Crippen molar-refractivity contribution in [3.05, 3.63) is 22.5 Å². The molecule has 0 aromatic heterocycles. The van der Waals surface area contributed by atoms with E-state index in [1.165, 1.54) is 6.42 Å². The molecule has 2 aliphatic rings. The lowest BCUT2D eigenvalue weighted by Crippen LogP contribution is -2.28. The Morgan fingerprint density at radius 3 is 2.93 bits per heavy atom. The number of hydrogen-bond donors (Lipinski definition) is 0. The fourth-order valence-electron chi connectivity index (χ4n) is 2.06. The van der Waals surface area contributed by atoms with Gasteiger partial charge in [-0.2, -0.15) is 0 Å². The summed E-state index contributed by atoms with van der Waals surface area (Å²) in [6.07, 6.45) is 7.73. The third-order valence-electron chi connectivity index (χ3n) is 2.86. The molecule has 0 amide bonds. The summed E-state index contributed by atoms with van der Waals surface area (Å²) in [6, 6.07) is 0. The van der Waals surface area contributed by atoms with E-state index in [1.807, 2.05) is 0 Å². The molecule has 0 aromatic rings. The molecule has 14 heavy (non-hydrogen) atoms. The third kappa shape index (κ3) is 2.26. The topological polar surface area (TPSA) is 9.23 Å². The van der Waals surface area contributed by atoms with Crippen molar-refractivity contribution < 1.29 is 9.13 Å². The monoisotopic (exact) mass is 260 g/mol. The maximum absolute atomic E-state index is 12.9. The Morgan fingerprint density at radius 1 is 1.43 bits per heavy atom. The van der Waals surface area contributed by atoms with Crippen LogP contribution in [0, 0.1) is 5.92 Å². The number of rotatable bonds is 1. The summed E-state index contributed by atoms with van der Waals surface area (Å²) in [5.41, 5.74) is 0. The van der Waals surface area contributed by atoms with E-state index in [2.05, 4.69) is 15.9 Å². The second-order valence-electron chi connectivity index (χ2n) is 3.87. The third-order valence-corrected chi connectivity index (χ3v) is 3.68. The first-order chi connectivity index (χ1) is 6.77. The number of ether oxygens (including phenoxy) is 1. The largest absolute Gasteiger partial charge is 0.378 e. The zero-order chi connectivity index (χ0) is 9.97. The van der Waals surface area contributed by atoms with Crippen LogP contribution < -0.4 is 0 Å². The van der Waals surface area contributed by atoms with E-state index in [0.29, 0.717) is 5.92 Å². The van der Waals surface area contributed by atoms with Crippen LogP contribution in [0.3, 0.4) is 0 Å². The first-order valence-electron chi connectivity index (χ1n) is 5.12. The lowest BCUT2D eigenvalue weighted by molar-refractivity contribution is -0.00935. The Kier molecular flexibility index (Phi) is 3.39. The van der Waals surface area contributed by atoms with Gasteiger partial charge < -0.3 is 4.74 Å². The van der Waals surface area contributed by atoms with Crippen molar-refractivity contribution in [2.45, 2.75) is 31.8 Å². The molecule has 3 heteroatoms. The molecule has 2 atom stereocenters. The van der Waals surface area contributed by atoms with Gasteiger partial charge in [0.2, 0.25) is 0 Å². The van der Waals surface area contributed by atoms with Crippen molar-refractivity contribution in [2.75, 3.05) is 6.61 Å². The van der Waals surface area contributed by atoms with Gasteiger partial charge in [-0.25, -0.2) is 4.39 Å². The normalized spacial score (nSPS) is 33.6. The van der Waals surface area contributed by atoms with Gasteiger partial charge in [-0.15, -0.1) is 0 Å². The van der Waals surface area contributed by atoms with Gasteiger partial charge in [0.15, 0.2) is 0 Å². The highest BCUT2D eigenvalue weighted by atomic mass is 79.9. The fourth-order valence-corrected chi connectivity index (χ4v) is 2.76. The highest BCUT2D eigenvalue weighted by Gasteiger charge is 2.27. The van der Waals surface area contributed by atoms with Crippen LogP contribution in [0.15, 0.2) is 22.5 Å². The number of hydrogen-bond acceptors (Lipinski definition) is 1. The van der Waals surface area contributed by atoms with Crippen molar-refractivity contribution in [1.82, 2.24) is 0 Å². The minimum absolute atomic E-state index is 0.135. The molecule has 2 rings (SSSR count). The van der Waals surface area contributed by atoms with Gasteiger partial charge in [-0.3, -0.25) is 0 Å². The molecule has 1 nitrogen and oxygen atoms in total. The molecule has 1 aliphatic carbocycles. The molecule has 0 bridgehead atoms. The lowest BCUT2D eigenvalue weighted by atomic mass is 9.90. The molecule has 1 fully saturated rings. The van der Waals surface area contributed by atoms with Gasteiger partial charge in [-0.05, 0) is 37.8 Å². The maximum atomic E-state index is 12.9. The minimum atomic E-state index is -0.135.